The molecule has 0 radical (unpaired) electrons. The number of nitrogens with one attached hydrogen (secondary N) is 2. The van der Waals surface area contributed by atoms with Gasteiger partial charge >= 0.3 is 5.97 Å². The summed E-state index contributed by atoms with van der Waals surface area (Å²) in [4.78, 5) is 36.4. The quantitative estimate of drug-likeness (QED) is 0.678. The second-order valence-electron chi connectivity index (χ2n) is 6.36. The summed E-state index contributed by atoms with van der Waals surface area (Å²) in [6, 6.07) is 13.1. The largest absolute Gasteiger partial charge is 0.467 e. The SMILES string of the molecule is COC(=O)[C@@H](Cc1cccc(F)c1)NC(=O)[C@H](Cc1ccccc1)NC(C)=O. The first-order valence-corrected chi connectivity index (χ1v) is 8.82. The molecule has 0 bridgehead atoms. The summed E-state index contributed by atoms with van der Waals surface area (Å²) < 4.78 is 18.2. The number of amides is 2. The van der Waals surface area contributed by atoms with E-state index in [9.17, 15) is 18.8 Å². The lowest BCUT2D eigenvalue weighted by Crippen LogP contribution is -2.53. The van der Waals surface area contributed by atoms with E-state index in [0.29, 0.717) is 5.56 Å². The molecule has 2 rings (SSSR count). The molecule has 0 spiro atoms. The first-order chi connectivity index (χ1) is 13.4. The summed E-state index contributed by atoms with van der Waals surface area (Å²) in [6.45, 7) is 1.32. The molecule has 0 aliphatic carbocycles. The van der Waals surface area contributed by atoms with Crippen LogP contribution < -0.4 is 10.6 Å². The predicted molar refractivity (Wildman–Crippen MR) is 102 cm³/mol. The van der Waals surface area contributed by atoms with Crippen molar-refractivity contribution in [2.45, 2.75) is 31.8 Å². The maximum Gasteiger partial charge on any atom is 0.328 e. The predicted octanol–water partition coefficient (Wildman–Crippen LogP) is 1.77. The molecule has 148 valence electrons. The van der Waals surface area contributed by atoms with Crippen molar-refractivity contribution < 1.29 is 23.5 Å². The number of benzene rings is 2. The van der Waals surface area contributed by atoms with Crippen LogP contribution in [0.15, 0.2) is 54.6 Å². The Morgan fingerprint density at radius 1 is 0.929 bits per heavy atom. The van der Waals surface area contributed by atoms with Gasteiger partial charge in [-0.3, -0.25) is 9.59 Å². The standard InChI is InChI=1S/C21H23FN2O4/c1-14(25)23-18(12-15-7-4-3-5-8-15)20(26)24-19(21(27)28-2)13-16-9-6-10-17(22)11-16/h3-11,18-19H,12-13H2,1-2H3,(H,23,25)(H,24,26)/t18-,19+/m0/s1. The Morgan fingerprint density at radius 3 is 2.18 bits per heavy atom. The van der Waals surface area contributed by atoms with Crippen molar-refractivity contribution in [3.63, 3.8) is 0 Å². The number of hydrogen-bond donors (Lipinski definition) is 2. The summed E-state index contributed by atoms with van der Waals surface area (Å²) in [5, 5.41) is 5.21. The Balaban J connectivity index is 2.15. The second-order valence-corrected chi connectivity index (χ2v) is 6.36. The van der Waals surface area contributed by atoms with Gasteiger partial charge in [0.2, 0.25) is 11.8 Å². The Hall–Kier alpha value is -3.22. The summed E-state index contributed by atoms with van der Waals surface area (Å²) in [5.41, 5.74) is 1.39. The van der Waals surface area contributed by atoms with Crippen molar-refractivity contribution >= 4 is 17.8 Å². The van der Waals surface area contributed by atoms with Gasteiger partial charge in [0.25, 0.3) is 0 Å². The van der Waals surface area contributed by atoms with E-state index < -0.39 is 29.8 Å². The molecule has 0 heterocycles. The molecule has 0 aromatic heterocycles. The third-order valence-electron chi connectivity index (χ3n) is 4.11. The van der Waals surface area contributed by atoms with Gasteiger partial charge < -0.3 is 15.4 Å². The van der Waals surface area contributed by atoms with Crippen LogP contribution in [0.5, 0.6) is 0 Å². The lowest BCUT2D eigenvalue weighted by molar-refractivity contribution is -0.145. The number of rotatable bonds is 8. The second kappa shape index (κ2) is 10.2. The van der Waals surface area contributed by atoms with Gasteiger partial charge in [-0.15, -0.1) is 0 Å². The average molecular weight is 386 g/mol. The molecule has 0 aliphatic rings. The molecule has 7 heteroatoms. The van der Waals surface area contributed by atoms with Crippen molar-refractivity contribution in [2.24, 2.45) is 0 Å². The fourth-order valence-electron chi connectivity index (χ4n) is 2.81. The normalized spacial score (nSPS) is 12.5. The molecule has 0 unspecified atom stereocenters. The maximum absolute atomic E-state index is 13.4. The zero-order valence-electron chi connectivity index (χ0n) is 15.8. The highest BCUT2D eigenvalue weighted by Gasteiger charge is 2.27. The molecule has 28 heavy (non-hydrogen) atoms. The fraction of sp³-hybridized carbons (Fsp3) is 0.286. The molecule has 2 N–H and O–H groups in total. The van der Waals surface area contributed by atoms with Gasteiger partial charge in [0.1, 0.15) is 17.9 Å². The highest BCUT2D eigenvalue weighted by atomic mass is 19.1. The summed E-state index contributed by atoms with van der Waals surface area (Å²) >= 11 is 0. The van der Waals surface area contributed by atoms with E-state index in [-0.39, 0.29) is 18.7 Å². The Kier molecular flexibility index (Phi) is 7.68. The summed E-state index contributed by atoms with van der Waals surface area (Å²) in [5.74, 6) is -1.98. The number of carbonyl (C=O) groups is 3. The Morgan fingerprint density at radius 2 is 1.57 bits per heavy atom. The van der Waals surface area contributed by atoms with Crippen molar-refractivity contribution in [3.05, 3.63) is 71.5 Å². The van der Waals surface area contributed by atoms with Gasteiger partial charge in [0.15, 0.2) is 0 Å². The zero-order valence-corrected chi connectivity index (χ0v) is 15.8. The van der Waals surface area contributed by atoms with Crippen molar-refractivity contribution in [1.82, 2.24) is 10.6 Å². The van der Waals surface area contributed by atoms with Crippen molar-refractivity contribution in [3.8, 4) is 0 Å². The molecule has 0 aliphatic heterocycles. The van der Waals surface area contributed by atoms with Crippen LogP contribution in [-0.4, -0.2) is 37.0 Å². The van der Waals surface area contributed by atoms with Crippen LogP contribution in [0.25, 0.3) is 0 Å². The van der Waals surface area contributed by atoms with Gasteiger partial charge in [0, 0.05) is 19.8 Å². The van der Waals surface area contributed by atoms with Gasteiger partial charge in [-0.2, -0.15) is 0 Å². The van der Waals surface area contributed by atoms with Crippen LogP contribution in [0.4, 0.5) is 4.39 Å². The van der Waals surface area contributed by atoms with Crippen molar-refractivity contribution in [2.75, 3.05) is 7.11 Å². The molecule has 0 saturated heterocycles. The molecule has 2 amide bonds. The third kappa shape index (κ3) is 6.50. The summed E-state index contributed by atoms with van der Waals surface area (Å²) in [7, 11) is 1.21. The molecule has 2 aromatic rings. The number of hydrogen-bond acceptors (Lipinski definition) is 4. The zero-order chi connectivity index (χ0) is 20.5. The van der Waals surface area contributed by atoms with E-state index in [4.69, 9.17) is 4.74 Å². The van der Waals surface area contributed by atoms with E-state index in [1.807, 2.05) is 30.3 Å². The van der Waals surface area contributed by atoms with E-state index >= 15 is 0 Å². The molecular formula is C21H23FN2O4. The molecule has 2 atom stereocenters. The smallest absolute Gasteiger partial charge is 0.328 e. The van der Waals surface area contributed by atoms with Crippen molar-refractivity contribution in [1.29, 1.82) is 0 Å². The molecule has 0 fully saturated rings. The van der Waals surface area contributed by atoms with Crippen LogP contribution in [-0.2, 0) is 32.0 Å². The first-order valence-electron chi connectivity index (χ1n) is 8.82. The van der Waals surface area contributed by atoms with Crippen LogP contribution in [0.2, 0.25) is 0 Å². The lowest BCUT2D eigenvalue weighted by Gasteiger charge is -2.22. The Bertz CT molecular complexity index is 826. The van der Waals surface area contributed by atoms with Gasteiger partial charge in [-0.1, -0.05) is 42.5 Å². The van der Waals surface area contributed by atoms with Crippen LogP contribution >= 0.6 is 0 Å². The minimum absolute atomic E-state index is 0.0638. The van der Waals surface area contributed by atoms with Gasteiger partial charge in [-0.05, 0) is 23.3 Å². The lowest BCUT2D eigenvalue weighted by atomic mass is 10.0. The minimum atomic E-state index is -1.01. The highest BCUT2D eigenvalue weighted by molar-refractivity contribution is 5.90. The summed E-state index contributed by atoms with van der Waals surface area (Å²) in [6.07, 6.45) is 0.328. The van der Waals surface area contributed by atoms with E-state index in [1.54, 1.807) is 6.07 Å². The third-order valence-corrected chi connectivity index (χ3v) is 4.11. The topological polar surface area (TPSA) is 84.5 Å². The van der Waals surface area contributed by atoms with Crippen LogP contribution in [0.1, 0.15) is 18.1 Å². The first kappa shape index (κ1) is 21.1. The van der Waals surface area contributed by atoms with E-state index in [0.717, 1.165) is 5.56 Å². The maximum atomic E-state index is 13.4. The number of carbonyl (C=O) groups excluding carboxylic acids is 3. The number of methoxy groups -OCH3 is 1. The minimum Gasteiger partial charge on any atom is -0.467 e. The molecule has 0 saturated carbocycles. The van der Waals surface area contributed by atoms with Gasteiger partial charge in [-0.25, -0.2) is 9.18 Å². The van der Waals surface area contributed by atoms with E-state index in [1.165, 1.54) is 32.2 Å². The number of esters is 1. The molecule has 6 nitrogen and oxygen atoms in total. The van der Waals surface area contributed by atoms with Crippen LogP contribution in [0.3, 0.4) is 0 Å². The average Bonchev–Trinajstić information content (AvgIpc) is 2.66. The molecule has 2 aromatic carbocycles. The monoisotopic (exact) mass is 386 g/mol. The Labute approximate surface area is 163 Å². The van der Waals surface area contributed by atoms with Crippen LogP contribution in [0, 0.1) is 5.82 Å². The number of ether oxygens (including phenoxy) is 1. The highest BCUT2D eigenvalue weighted by Crippen LogP contribution is 2.09. The number of halogens is 1. The molecular weight excluding hydrogens is 363 g/mol. The fourth-order valence-corrected chi connectivity index (χ4v) is 2.81. The van der Waals surface area contributed by atoms with E-state index in [2.05, 4.69) is 10.6 Å². The van der Waals surface area contributed by atoms with Gasteiger partial charge in [0.05, 0.1) is 7.11 Å².